The SMILES string of the molecule is CN(C)CCCNC(=O)c1cc(NC(=O)c2cc(NC(=O)c3cc(NC(=O)CCCCCC(=O)NO)cn3C)cn2C)cn1C. The summed E-state index contributed by atoms with van der Waals surface area (Å²) in [5.41, 5.74) is 3.90. The summed E-state index contributed by atoms with van der Waals surface area (Å²) in [7, 11) is 9.03. The third-order valence-electron chi connectivity index (χ3n) is 7.01. The summed E-state index contributed by atoms with van der Waals surface area (Å²) in [5, 5.41) is 19.7. The largest absolute Gasteiger partial charge is 0.351 e. The van der Waals surface area contributed by atoms with E-state index in [9.17, 15) is 24.0 Å². The summed E-state index contributed by atoms with van der Waals surface area (Å²) in [6, 6.07) is 4.71. The Hall–Kier alpha value is -4.89. The normalized spacial score (nSPS) is 10.9. The molecule has 244 valence electrons. The molecule has 0 aliphatic rings. The van der Waals surface area contributed by atoms with Crippen LogP contribution in [0.1, 0.15) is 70.0 Å². The number of carbonyl (C=O) groups is 5. The van der Waals surface area contributed by atoms with Crippen LogP contribution in [0.4, 0.5) is 17.1 Å². The van der Waals surface area contributed by atoms with Crippen LogP contribution >= 0.6 is 0 Å². The van der Waals surface area contributed by atoms with Crippen LogP contribution in [0.15, 0.2) is 36.8 Å². The minimum atomic E-state index is -0.459. The highest BCUT2D eigenvalue weighted by atomic mass is 16.5. The fourth-order valence-corrected chi connectivity index (χ4v) is 4.68. The fourth-order valence-electron chi connectivity index (χ4n) is 4.68. The van der Waals surface area contributed by atoms with Crippen molar-refractivity contribution in [1.82, 2.24) is 29.4 Å². The molecule has 0 aromatic carbocycles. The van der Waals surface area contributed by atoms with Crippen molar-refractivity contribution in [1.29, 1.82) is 0 Å². The molecule has 0 aliphatic heterocycles. The number of hydrogen-bond donors (Lipinski definition) is 6. The predicted octanol–water partition coefficient (Wildman–Crippen LogP) is 2.28. The minimum Gasteiger partial charge on any atom is -0.351 e. The topological polar surface area (TPSA) is 184 Å². The van der Waals surface area contributed by atoms with Gasteiger partial charge in [-0.15, -0.1) is 0 Å². The molecule has 0 aliphatic carbocycles. The Bertz CT molecular complexity index is 1520. The highest BCUT2D eigenvalue weighted by Gasteiger charge is 2.19. The minimum absolute atomic E-state index is 0.189. The Labute approximate surface area is 261 Å². The van der Waals surface area contributed by atoms with Gasteiger partial charge in [-0.25, -0.2) is 5.48 Å². The molecule has 3 aromatic heterocycles. The quantitative estimate of drug-likeness (QED) is 0.0801. The molecule has 0 saturated carbocycles. The fraction of sp³-hybridized carbons (Fsp3) is 0.433. The van der Waals surface area contributed by atoms with Gasteiger partial charge in [-0.2, -0.15) is 0 Å². The zero-order valence-electron chi connectivity index (χ0n) is 26.4. The van der Waals surface area contributed by atoms with Gasteiger partial charge >= 0.3 is 0 Å². The number of nitrogens with zero attached hydrogens (tertiary/aromatic N) is 4. The summed E-state index contributed by atoms with van der Waals surface area (Å²) >= 11 is 0. The highest BCUT2D eigenvalue weighted by Crippen LogP contribution is 2.20. The van der Waals surface area contributed by atoms with Gasteiger partial charge in [0.2, 0.25) is 11.8 Å². The van der Waals surface area contributed by atoms with Gasteiger partial charge in [0, 0.05) is 59.1 Å². The molecule has 0 unspecified atom stereocenters. The number of rotatable bonds is 16. The van der Waals surface area contributed by atoms with Crippen LogP contribution in [0.2, 0.25) is 0 Å². The van der Waals surface area contributed by atoms with Crippen molar-refractivity contribution in [2.75, 3.05) is 43.1 Å². The lowest BCUT2D eigenvalue weighted by Gasteiger charge is -2.10. The van der Waals surface area contributed by atoms with E-state index in [1.165, 1.54) is 0 Å². The molecule has 0 fully saturated rings. The van der Waals surface area contributed by atoms with E-state index in [2.05, 4.69) is 21.3 Å². The molecule has 3 aromatic rings. The molecule has 5 amide bonds. The smallest absolute Gasteiger partial charge is 0.272 e. The first-order valence-corrected chi connectivity index (χ1v) is 14.7. The summed E-state index contributed by atoms with van der Waals surface area (Å²) < 4.78 is 4.81. The Morgan fingerprint density at radius 1 is 0.644 bits per heavy atom. The molecule has 3 rings (SSSR count). The number of anilines is 3. The lowest BCUT2D eigenvalue weighted by atomic mass is 10.1. The summed E-state index contributed by atoms with van der Waals surface area (Å²) in [6.45, 7) is 1.40. The second kappa shape index (κ2) is 16.3. The molecule has 3 heterocycles. The van der Waals surface area contributed by atoms with Crippen molar-refractivity contribution in [2.24, 2.45) is 21.1 Å². The van der Waals surface area contributed by atoms with Gasteiger partial charge in [-0.05, 0) is 58.1 Å². The van der Waals surface area contributed by atoms with E-state index < -0.39 is 17.7 Å². The summed E-state index contributed by atoms with van der Waals surface area (Å²) in [6.07, 6.45) is 7.94. The molecule has 15 nitrogen and oxygen atoms in total. The van der Waals surface area contributed by atoms with E-state index >= 15 is 0 Å². The molecular weight excluding hydrogens is 582 g/mol. The molecule has 0 spiro atoms. The van der Waals surface area contributed by atoms with E-state index in [-0.39, 0.29) is 24.7 Å². The average Bonchev–Trinajstić information content (AvgIpc) is 3.65. The van der Waals surface area contributed by atoms with E-state index in [1.54, 1.807) is 77.1 Å². The van der Waals surface area contributed by atoms with E-state index in [0.29, 0.717) is 60.0 Å². The van der Waals surface area contributed by atoms with Crippen molar-refractivity contribution >= 4 is 46.6 Å². The lowest BCUT2D eigenvalue weighted by Crippen LogP contribution is -2.28. The van der Waals surface area contributed by atoms with Crippen molar-refractivity contribution in [3.63, 3.8) is 0 Å². The van der Waals surface area contributed by atoms with Crippen molar-refractivity contribution in [3.05, 3.63) is 53.9 Å². The monoisotopic (exact) mass is 625 g/mol. The Balaban J connectivity index is 1.54. The Morgan fingerprint density at radius 3 is 1.56 bits per heavy atom. The van der Waals surface area contributed by atoms with Crippen LogP contribution in [0.5, 0.6) is 0 Å². The maximum absolute atomic E-state index is 13.1. The number of hydrogen-bond acceptors (Lipinski definition) is 7. The van der Waals surface area contributed by atoms with Crippen LogP contribution < -0.4 is 26.7 Å². The van der Waals surface area contributed by atoms with Crippen LogP contribution in [-0.2, 0) is 30.7 Å². The molecule has 0 bridgehead atoms. The first kappa shape index (κ1) is 34.6. The standard InChI is InChI=1S/C30H43N9O6/c1-36(2)13-9-12-31-28(42)23-15-21(18-37(23)3)33-30(44)25-16-22(19-39(25)5)34-29(43)24-14-20(17-38(24)4)32-26(40)10-7-6-8-11-27(41)35-45/h14-19,45H,6-13H2,1-5H3,(H,31,42)(H,32,40)(H,33,44)(H,34,43)(H,35,41). The zero-order chi connectivity index (χ0) is 33.1. The second-order valence-electron chi connectivity index (χ2n) is 11.1. The number of aryl methyl sites for hydroxylation is 3. The van der Waals surface area contributed by atoms with Gasteiger partial charge in [0.15, 0.2) is 0 Å². The van der Waals surface area contributed by atoms with Gasteiger partial charge in [0.25, 0.3) is 17.7 Å². The van der Waals surface area contributed by atoms with Crippen LogP contribution in [0.25, 0.3) is 0 Å². The molecule has 6 N–H and O–H groups in total. The van der Waals surface area contributed by atoms with Crippen molar-refractivity contribution in [3.8, 4) is 0 Å². The number of carbonyl (C=O) groups excluding carboxylic acids is 5. The molecule has 0 saturated heterocycles. The van der Waals surface area contributed by atoms with Crippen molar-refractivity contribution in [2.45, 2.75) is 38.5 Å². The maximum atomic E-state index is 13.1. The molecule has 15 heteroatoms. The molecule has 0 radical (unpaired) electrons. The number of aromatic nitrogens is 3. The van der Waals surface area contributed by atoms with Crippen LogP contribution in [0.3, 0.4) is 0 Å². The summed E-state index contributed by atoms with van der Waals surface area (Å²) in [4.78, 5) is 64.0. The number of hydroxylamine groups is 1. The molecule has 0 atom stereocenters. The van der Waals surface area contributed by atoms with Gasteiger partial charge in [-0.3, -0.25) is 29.2 Å². The zero-order valence-corrected chi connectivity index (χ0v) is 26.4. The predicted molar refractivity (Wildman–Crippen MR) is 169 cm³/mol. The first-order valence-electron chi connectivity index (χ1n) is 14.7. The van der Waals surface area contributed by atoms with Gasteiger partial charge in [0.1, 0.15) is 17.1 Å². The van der Waals surface area contributed by atoms with E-state index in [4.69, 9.17) is 5.21 Å². The first-order chi connectivity index (χ1) is 21.4. The average molecular weight is 626 g/mol. The number of amides is 5. The lowest BCUT2D eigenvalue weighted by molar-refractivity contribution is -0.129. The Morgan fingerprint density at radius 2 is 1.09 bits per heavy atom. The second-order valence-corrected chi connectivity index (χ2v) is 11.1. The highest BCUT2D eigenvalue weighted by molar-refractivity contribution is 6.07. The maximum Gasteiger partial charge on any atom is 0.272 e. The molecule has 45 heavy (non-hydrogen) atoms. The van der Waals surface area contributed by atoms with Crippen molar-refractivity contribution < 1.29 is 29.2 Å². The number of unbranched alkanes of at least 4 members (excludes halogenated alkanes) is 2. The van der Waals surface area contributed by atoms with Gasteiger partial charge in [0.05, 0.1) is 17.1 Å². The van der Waals surface area contributed by atoms with E-state index in [1.807, 2.05) is 19.0 Å². The van der Waals surface area contributed by atoms with Gasteiger partial charge < -0.3 is 39.9 Å². The number of nitrogens with one attached hydrogen (secondary N) is 5. The Kier molecular flexibility index (Phi) is 12.5. The van der Waals surface area contributed by atoms with Crippen LogP contribution in [0, 0.1) is 0 Å². The third kappa shape index (κ3) is 10.4. The molecular formula is C30H43N9O6. The van der Waals surface area contributed by atoms with E-state index in [0.717, 1.165) is 13.0 Å². The summed E-state index contributed by atoms with van der Waals surface area (Å²) in [5.74, 6) is -1.75. The van der Waals surface area contributed by atoms with Crippen LogP contribution in [-0.4, -0.2) is 80.5 Å². The van der Waals surface area contributed by atoms with Gasteiger partial charge in [-0.1, -0.05) is 6.42 Å². The third-order valence-corrected chi connectivity index (χ3v) is 7.01.